The molecule has 1 aromatic rings. The zero-order chi connectivity index (χ0) is 70.7. The summed E-state index contributed by atoms with van der Waals surface area (Å²) in [5.74, 6) is -9.61. The number of imide groups is 1. The Kier molecular flexibility index (Phi) is 34.2. The van der Waals surface area contributed by atoms with E-state index in [9.17, 15) is 67.7 Å². The van der Waals surface area contributed by atoms with Crippen LogP contribution in [-0.2, 0) is 73.4 Å². The van der Waals surface area contributed by atoms with Gasteiger partial charge in [-0.25, -0.2) is 4.79 Å². The Labute approximate surface area is 556 Å². The van der Waals surface area contributed by atoms with E-state index in [1.165, 1.54) is 19.1 Å². The molecule has 1 aromatic carbocycles. The van der Waals surface area contributed by atoms with Crippen LogP contribution in [0.4, 0.5) is 4.79 Å². The number of aliphatic carboxylic acids is 2. The van der Waals surface area contributed by atoms with Crippen LogP contribution in [0, 0.1) is 29.6 Å². The van der Waals surface area contributed by atoms with Gasteiger partial charge in [0.1, 0.15) is 23.5 Å². The highest BCUT2D eigenvalue weighted by atomic mass is 16.6. The van der Waals surface area contributed by atoms with E-state index in [1.807, 2.05) is 74.3 Å². The van der Waals surface area contributed by atoms with Crippen molar-refractivity contribution in [1.82, 2.24) is 40.4 Å². The molecule has 0 spiro atoms. The lowest BCUT2D eigenvalue weighted by Crippen LogP contribution is -2.60. The number of Topliss-reactive ketones (excluding diaryl/α,β-unsaturated/α-hetero) is 2. The number of ketones is 2. The van der Waals surface area contributed by atoms with E-state index in [4.69, 9.17) is 14.2 Å². The number of amides is 8. The number of carboxylic acid groups (broad SMARTS) is 2. The number of methoxy groups -OCH3 is 2. The molecule has 94 heavy (non-hydrogen) atoms. The van der Waals surface area contributed by atoms with Gasteiger partial charge in [0.2, 0.25) is 29.5 Å². The van der Waals surface area contributed by atoms with Crippen molar-refractivity contribution < 1.29 is 82.0 Å². The molecule has 25 heteroatoms. The SMILES string of the molecule is CC[C@H](C)[C@@H]([C@@H](CC(=O)N1CCC[C@H]1[C@H](OC)[C@@H](C)C(=O)N[C@@H](Cc1ccccc1)C(=O)N[C@@H](CCC(=O)O)C(=O)C[C@@H](CCCCCC(=O)CCN1C(=O)C=CC1=O)C(=O)O)OC)N(C)C(=O)[C@@H](NC(=O)[C@H](C(C)C)N(C)CCCCN(C)C(=O)OC(C)(C)C)C(C)C. The van der Waals surface area contributed by atoms with Gasteiger partial charge in [-0.05, 0) is 103 Å². The Balaban J connectivity index is 1.77. The van der Waals surface area contributed by atoms with Crippen LogP contribution in [0.1, 0.15) is 171 Å². The molecule has 528 valence electrons. The van der Waals surface area contributed by atoms with Crippen molar-refractivity contribution in [2.45, 2.75) is 226 Å². The molecule has 0 radical (unpaired) electrons. The minimum atomic E-state index is -1.44. The fourth-order valence-electron chi connectivity index (χ4n) is 12.4. The van der Waals surface area contributed by atoms with E-state index in [0.29, 0.717) is 76.6 Å². The molecule has 11 atom stereocenters. The van der Waals surface area contributed by atoms with Crippen molar-refractivity contribution in [2.75, 3.05) is 61.5 Å². The molecule has 5 N–H and O–H groups in total. The van der Waals surface area contributed by atoms with Gasteiger partial charge < -0.3 is 55.1 Å². The third-order valence-corrected chi connectivity index (χ3v) is 17.9. The van der Waals surface area contributed by atoms with Gasteiger partial charge in [0.05, 0.1) is 54.6 Å². The summed E-state index contributed by atoms with van der Waals surface area (Å²) in [6.07, 6.45) is 2.85. The first-order valence-electron chi connectivity index (χ1n) is 33.4. The lowest BCUT2D eigenvalue weighted by atomic mass is 9.89. The van der Waals surface area contributed by atoms with E-state index < -0.39 is 126 Å². The number of carbonyl (C=O) groups excluding carboxylic acids is 10. The number of hydrogen-bond acceptors (Lipinski definition) is 16. The molecule has 1 fully saturated rings. The third-order valence-electron chi connectivity index (χ3n) is 17.9. The van der Waals surface area contributed by atoms with Gasteiger partial charge >= 0.3 is 18.0 Å². The zero-order valence-electron chi connectivity index (χ0n) is 58.4. The van der Waals surface area contributed by atoms with Gasteiger partial charge in [-0.15, -0.1) is 0 Å². The summed E-state index contributed by atoms with van der Waals surface area (Å²) in [5, 5.41) is 28.4. The molecule has 0 unspecified atom stereocenters. The van der Waals surface area contributed by atoms with E-state index in [1.54, 1.807) is 61.2 Å². The van der Waals surface area contributed by atoms with Gasteiger partial charge in [-0.2, -0.15) is 0 Å². The fourth-order valence-corrected chi connectivity index (χ4v) is 12.4. The second kappa shape index (κ2) is 39.7. The highest BCUT2D eigenvalue weighted by Gasteiger charge is 2.44. The number of benzene rings is 1. The van der Waals surface area contributed by atoms with E-state index in [-0.39, 0.29) is 86.3 Å². The van der Waals surface area contributed by atoms with Crippen LogP contribution in [0.3, 0.4) is 0 Å². The molecule has 0 aromatic heterocycles. The summed E-state index contributed by atoms with van der Waals surface area (Å²) < 4.78 is 17.7. The van der Waals surface area contributed by atoms with Crippen molar-refractivity contribution in [1.29, 1.82) is 0 Å². The Hall–Kier alpha value is -7.12. The predicted molar refractivity (Wildman–Crippen MR) is 352 cm³/mol. The maximum atomic E-state index is 14.8. The number of nitrogens with one attached hydrogen (secondary N) is 3. The number of unbranched alkanes of at least 4 members (excludes halogenated alkanes) is 3. The van der Waals surface area contributed by atoms with Gasteiger partial charge in [-0.3, -0.25) is 62.5 Å². The van der Waals surface area contributed by atoms with Gasteiger partial charge in [0.25, 0.3) is 11.8 Å². The molecule has 2 aliphatic heterocycles. The molecule has 2 heterocycles. The lowest BCUT2D eigenvalue weighted by Gasteiger charge is -2.41. The maximum absolute atomic E-state index is 14.8. The first-order chi connectivity index (χ1) is 44.2. The number of likely N-dealkylation sites (N-methyl/N-ethyl adjacent to an activating group) is 2. The number of hydrogen-bond donors (Lipinski definition) is 5. The van der Waals surface area contributed by atoms with Crippen LogP contribution >= 0.6 is 0 Å². The monoisotopic (exact) mass is 1320 g/mol. The van der Waals surface area contributed by atoms with Crippen molar-refractivity contribution in [3.8, 4) is 0 Å². The molecule has 1 saturated heterocycles. The molecule has 2 aliphatic rings. The molecule has 0 aliphatic carbocycles. The van der Waals surface area contributed by atoms with Crippen LogP contribution in [0.5, 0.6) is 0 Å². The van der Waals surface area contributed by atoms with E-state index >= 15 is 0 Å². The second-order valence-corrected chi connectivity index (χ2v) is 27.1. The highest BCUT2D eigenvalue weighted by molar-refractivity contribution is 6.13. The lowest BCUT2D eigenvalue weighted by molar-refractivity contribution is -0.148. The minimum absolute atomic E-state index is 0.0182. The van der Waals surface area contributed by atoms with Crippen LogP contribution in [0.15, 0.2) is 42.5 Å². The predicted octanol–water partition coefficient (Wildman–Crippen LogP) is 6.22. The van der Waals surface area contributed by atoms with Crippen LogP contribution in [0.25, 0.3) is 0 Å². The molecule has 0 saturated carbocycles. The topological polar surface area (TPSA) is 325 Å². The van der Waals surface area contributed by atoms with Gasteiger partial charge in [0, 0.05) is 92.2 Å². The number of rotatable bonds is 43. The Morgan fingerprint density at radius 3 is 1.90 bits per heavy atom. The molecule has 3 rings (SSSR count). The largest absolute Gasteiger partial charge is 0.481 e. The number of carboxylic acids is 2. The summed E-state index contributed by atoms with van der Waals surface area (Å²) in [7, 11) is 8.15. The molecular formula is C69H110N8O17. The van der Waals surface area contributed by atoms with Crippen LogP contribution in [0.2, 0.25) is 0 Å². The number of ether oxygens (including phenoxy) is 3. The normalized spacial score (nSPS) is 17.4. The average Bonchev–Trinajstić information content (AvgIpc) is 1.21. The summed E-state index contributed by atoms with van der Waals surface area (Å²) in [4.78, 5) is 168. The van der Waals surface area contributed by atoms with E-state index in [2.05, 4.69) is 16.0 Å². The van der Waals surface area contributed by atoms with Crippen LogP contribution < -0.4 is 16.0 Å². The van der Waals surface area contributed by atoms with Gasteiger partial charge in [-0.1, -0.05) is 98.1 Å². The first kappa shape index (κ1) is 81.1. The van der Waals surface area contributed by atoms with Crippen molar-refractivity contribution in [2.24, 2.45) is 29.6 Å². The highest BCUT2D eigenvalue weighted by Crippen LogP contribution is 2.30. The number of likely N-dealkylation sites (tertiary alicyclic amines) is 1. The standard InChI is InChI=1S/C69H110N8O17/c1-16-45(6)61(75(13)66(88)59(43(2)3)72-65(87)60(44(4)5)73(11)36-23-24-37-74(12)68(91)94-69(8,9)10)54(92-14)42-57(82)76-38-25-30-52(76)62(93-15)46(7)63(85)71-51(40-47-26-19-17-20-27-47)64(86)70-50(31-34-58(83)84)53(79)41-48(67(89)90)28-21-18-22-29-49(78)35-39-77-55(80)32-33-56(77)81/h17,19-20,26-27,32-33,43-46,48,50-52,54,59-62H,16,18,21-25,28-31,34-42H2,1-15H3,(H,70,86)(H,71,85)(H,72,87)(H,83,84)(H,89,90)/t45-,46+,48+,50-,51-,52-,54+,59-,60-,61-,62+/m0/s1. The maximum Gasteiger partial charge on any atom is 0.410 e. The minimum Gasteiger partial charge on any atom is -0.481 e. The third kappa shape index (κ3) is 25.9. The smallest absolute Gasteiger partial charge is 0.410 e. The zero-order valence-corrected chi connectivity index (χ0v) is 58.4. The number of nitrogens with zero attached hydrogens (tertiary/aromatic N) is 5. The van der Waals surface area contributed by atoms with Crippen LogP contribution in [-0.4, -0.2) is 221 Å². The Morgan fingerprint density at radius 1 is 0.713 bits per heavy atom. The molecule has 25 nitrogen and oxygen atoms in total. The number of carbonyl (C=O) groups is 12. The van der Waals surface area contributed by atoms with Crippen molar-refractivity contribution in [3.05, 3.63) is 48.0 Å². The summed E-state index contributed by atoms with van der Waals surface area (Å²) in [6.45, 7) is 20.0. The molecular weight excluding hydrogens is 1210 g/mol. The van der Waals surface area contributed by atoms with E-state index in [0.717, 1.165) is 17.1 Å². The summed E-state index contributed by atoms with van der Waals surface area (Å²) in [6, 6.07) is 3.23. The van der Waals surface area contributed by atoms with Gasteiger partial charge in [0.15, 0.2) is 5.78 Å². The summed E-state index contributed by atoms with van der Waals surface area (Å²) >= 11 is 0. The molecule has 8 amide bonds. The van der Waals surface area contributed by atoms with Crippen molar-refractivity contribution >= 4 is 70.9 Å². The average molecular weight is 1320 g/mol. The summed E-state index contributed by atoms with van der Waals surface area (Å²) in [5.41, 5.74) is 0.0200. The first-order valence-corrected chi connectivity index (χ1v) is 33.4. The quantitative estimate of drug-likeness (QED) is 0.0358. The second-order valence-electron chi connectivity index (χ2n) is 27.1. The Morgan fingerprint density at radius 2 is 1.34 bits per heavy atom. The fraction of sp³-hybridized carbons (Fsp3) is 0.710. The van der Waals surface area contributed by atoms with Crippen molar-refractivity contribution in [3.63, 3.8) is 0 Å². The Bertz CT molecular complexity index is 2720. The molecule has 0 bridgehead atoms.